The number of thiophene rings is 1. The van der Waals surface area contributed by atoms with Crippen LogP contribution in [0.2, 0.25) is 0 Å². The molecule has 0 saturated carbocycles. The van der Waals surface area contributed by atoms with Crippen molar-refractivity contribution in [2.75, 3.05) is 0 Å². The molecule has 150 valence electrons. The van der Waals surface area contributed by atoms with E-state index in [0.717, 1.165) is 37.7 Å². The van der Waals surface area contributed by atoms with E-state index < -0.39 is 0 Å². The lowest BCUT2D eigenvalue weighted by Gasteiger charge is -2.12. The van der Waals surface area contributed by atoms with Gasteiger partial charge in [-0.3, -0.25) is 0 Å². The highest BCUT2D eigenvalue weighted by molar-refractivity contribution is 7.25. The summed E-state index contributed by atoms with van der Waals surface area (Å²) in [7, 11) is 0. The molecule has 0 unspecified atom stereocenters. The minimum absolute atomic E-state index is 0.0564. The largest absolute Gasteiger partial charge is 0.232 e. The standard InChI is InChI=1S/C28H12N4S/c29-13-22-23(14-30)32-28-21-11-19-17-7-3-4-8-24(17)33-25(19)12-20(21)26-16-6-2-1-5-15(16)9-10-18(26)27(28)31-22/h1-12H. The Labute approximate surface area is 191 Å². The molecule has 0 bridgehead atoms. The molecule has 0 spiro atoms. The molecule has 7 rings (SSSR count). The minimum Gasteiger partial charge on any atom is -0.232 e. The molecule has 0 amide bonds. The van der Waals surface area contributed by atoms with E-state index in [1.54, 1.807) is 11.3 Å². The molecule has 5 heteroatoms. The summed E-state index contributed by atoms with van der Waals surface area (Å²) < 4.78 is 2.44. The van der Waals surface area contributed by atoms with E-state index in [9.17, 15) is 10.5 Å². The third-order valence-electron chi connectivity index (χ3n) is 6.33. The molecule has 7 aromatic rings. The molecular weight excluding hydrogens is 424 g/mol. The van der Waals surface area contributed by atoms with Crippen molar-refractivity contribution in [1.82, 2.24) is 9.97 Å². The molecule has 0 saturated heterocycles. The Balaban J connectivity index is 1.84. The van der Waals surface area contributed by atoms with Crippen LogP contribution in [0.1, 0.15) is 11.4 Å². The topological polar surface area (TPSA) is 73.4 Å². The molecule has 0 fully saturated rings. The number of fused-ring (bicyclic) bond motifs is 11. The van der Waals surface area contributed by atoms with Crippen molar-refractivity contribution in [1.29, 1.82) is 10.5 Å². The minimum atomic E-state index is 0.0564. The van der Waals surface area contributed by atoms with E-state index >= 15 is 0 Å². The highest BCUT2D eigenvalue weighted by Gasteiger charge is 2.18. The molecule has 0 aliphatic heterocycles. The van der Waals surface area contributed by atoms with Gasteiger partial charge in [-0.15, -0.1) is 11.3 Å². The van der Waals surface area contributed by atoms with Crippen LogP contribution < -0.4 is 0 Å². The maximum atomic E-state index is 9.61. The summed E-state index contributed by atoms with van der Waals surface area (Å²) in [6.07, 6.45) is 0. The number of nitriles is 2. The summed E-state index contributed by atoms with van der Waals surface area (Å²) >= 11 is 1.78. The van der Waals surface area contributed by atoms with Crippen LogP contribution in [0.15, 0.2) is 72.8 Å². The van der Waals surface area contributed by atoms with E-state index in [1.807, 2.05) is 24.3 Å². The highest BCUT2D eigenvalue weighted by Crippen LogP contribution is 2.42. The summed E-state index contributed by atoms with van der Waals surface area (Å²) in [5.41, 5.74) is 1.42. The van der Waals surface area contributed by atoms with Gasteiger partial charge < -0.3 is 0 Å². The Kier molecular flexibility index (Phi) is 3.53. The van der Waals surface area contributed by atoms with E-state index in [0.29, 0.717) is 11.0 Å². The van der Waals surface area contributed by atoms with Crippen molar-refractivity contribution in [2.45, 2.75) is 0 Å². The summed E-state index contributed by atoms with van der Waals surface area (Å²) in [5, 5.41) is 27.9. The fraction of sp³-hybridized carbons (Fsp3) is 0. The Morgan fingerprint density at radius 1 is 0.576 bits per heavy atom. The zero-order valence-corrected chi connectivity index (χ0v) is 17.9. The van der Waals surface area contributed by atoms with Crippen LogP contribution in [0.25, 0.3) is 63.5 Å². The number of benzene rings is 5. The quantitative estimate of drug-likeness (QED) is 0.236. The highest BCUT2D eigenvalue weighted by atomic mass is 32.1. The zero-order valence-electron chi connectivity index (χ0n) is 17.1. The summed E-state index contributed by atoms with van der Waals surface area (Å²) in [6, 6.07) is 29.3. The summed E-state index contributed by atoms with van der Waals surface area (Å²) in [5.74, 6) is 0. The lowest BCUT2D eigenvalue weighted by atomic mass is 9.93. The van der Waals surface area contributed by atoms with Crippen LogP contribution in [0, 0.1) is 22.7 Å². The summed E-state index contributed by atoms with van der Waals surface area (Å²) in [4.78, 5) is 9.29. The molecule has 4 nitrogen and oxygen atoms in total. The molecule has 2 heterocycles. The second-order valence-electron chi connectivity index (χ2n) is 8.04. The van der Waals surface area contributed by atoms with Crippen LogP contribution >= 0.6 is 11.3 Å². The fourth-order valence-corrected chi connectivity index (χ4v) is 6.03. The molecule has 0 aliphatic rings. The predicted octanol–water partition coefficient (Wildman–Crippen LogP) is 7.20. The number of aromatic nitrogens is 2. The molecule has 2 aromatic heterocycles. The Morgan fingerprint density at radius 3 is 2.06 bits per heavy atom. The van der Waals surface area contributed by atoms with Gasteiger partial charge in [-0.1, -0.05) is 54.6 Å². The Hall–Kier alpha value is -4.58. The monoisotopic (exact) mass is 436 g/mol. The zero-order chi connectivity index (χ0) is 22.1. The molecule has 0 N–H and O–H groups in total. The first kappa shape index (κ1) is 18.0. The van der Waals surface area contributed by atoms with E-state index in [1.165, 1.54) is 14.8 Å². The number of rotatable bonds is 0. The normalized spacial score (nSPS) is 11.6. The SMILES string of the molecule is N#Cc1nc2c3cc4c(cc3c3c5ccccc5ccc3c2nc1C#N)sc1ccccc14. The van der Waals surface area contributed by atoms with Crippen LogP contribution in [-0.4, -0.2) is 9.97 Å². The van der Waals surface area contributed by atoms with Gasteiger partial charge in [-0.25, -0.2) is 9.97 Å². The lowest BCUT2D eigenvalue weighted by molar-refractivity contribution is 1.21. The van der Waals surface area contributed by atoms with Crippen molar-refractivity contribution < 1.29 is 0 Å². The third kappa shape index (κ3) is 2.37. The van der Waals surface area contributed by atoms with Gasteiger partial charge in [0.1, 0.15) is 12.1 Å². The Bertz CT molecular complexity index is 2060. The molecular formula is C28H12N4S. The van der Waals surface area contributed by atoms with Crippen LogP contribution in [0.3, 0.4) is 0 Å². The van der Waals surface area contributed by atoms with E-state index in [-0.39, 0.29) is 11.4 Å². The Morgan fingerprint density at radius 2 is 1.27 bits per heavy atom. The molecule has 0 atom stereocenters. The lowest BCUT2D eigenvalue weighted by Crippen LogP contribution is -1.97. The van der Waals surface area contributed by atoms with E-state index in [2.05, 4.69) is 70.6 Å². The van der Waals surface area contributed by atoms with Gasteiger partial charge in [0, 0.05) is 30.9 Å². The van der Waals surface area contributed by atoms with E-state index in [4.69, 9.17) is 0 Å². The van der Waals surface area contributed by atoms with Gasteiger partial charge in [-0.05, 0) is 39.7 Å². The van der Waals surface area contributed by atoms with Gasteiger partial charge >= 0.3 is 0 Å². The molecule has 0 aliphatic carbocycles. The van der Waals surface area contributed by atoms with Gasteiger partial charge in [0.05, 0.1) is 11.0 Å². The summed E-state index contributed by atoms with van der Waals surface area (Å²) in [6.45, 7) is 0. The maximum Gasteiger partial charge on any atom is 0.177 e. The van der Waals surface area contributed by atoms with Crippen molar-refractivity contribution in [3.63, 3.8) is 0 Å². The van der Waals surface area contributed by atoms with Crippen LogP contribution in [-0.2, 0) is 0 Å². The predicted molar refractivity (Wildman–Crippen MR) is 134 cm³/mol. The van der Waals surface area contributed by atoms with Crippen molar-refractivity contribution >= 4 is 74.9 Å². The van der Waals surface area contributed by atoms with Gasteiger partial charge in [-0.2, -0.15) is 10.5 Å². The van der Waals surface area contributed by atoms with Crippen LogP contribution in [0.5, 0.6) is 0 Å². The van der Waals surface area contributed by atoms with Gasteiger partial charge in [0.2, 0.25) is 0 Å². The first-order valence-corrected chi connectivity index (χ1v) is 11.3. The van der Waals surface area contributed by atoms with Gasteiger partial charge in [0.25, 0.3) is 0 Å². The second-order valence-corrected chi connectivity index (χ2v) is 9.13. The smallest absolute Gasteiger partial charge is 0.177 e. The maximum absolute atomic E-state index is 9.61. The second kappa shape index (κ2) is 6.46. The fourth-order valence-electron chi connectivity index (χ4n) is 4.90. The number of hydrogen-bond donors (Lipinski definition) is 0. The average Bonchev–Trinajstić information content (AvgIpc) is 3.24. The van der Waals surface area contributed by atoms with Crippen molar-refractivity contribution in [3.05, 3.63) is 84.2 Å². The molecule has 0 radical (unpaired) electrons. The van der Waals surface area contributed by atoms with Crippen molar-refractivity contribution in [2.24, 2.45) is 0 Å². The van der Waals surface area contributed by atoms with Crippen LogP contribution in [0.4, 0.5) is 0 Å². The van der Waals surface area contributed by atoms with Crippen molar-refractivity contribution in [3.8, 4) is 12.1 Å². The van der Waals surface area contributed by atoms with Gasteiger partial charge in [0.15, 0.2) is 11.4 Å². The third-order valence-corrected chi connectivity index (χ3v) is 7.47. The number of nitrogens with zero attached hydrogens (tertiary/aromatic N) is 4. The first-order valence-electron chi connectivity index (χ1n) is 10.5. The molecule has 33 heavy (non-hydrogen) atoms. The first-order chi connectivity index (χ1) is 16.3. The number of hydrogen-bond acceptors (Lipinski definition) is 5. The molecule has 5 aromatic carbocycles. The average molecular weight is 436 g/mol.